The summed E-state index contributed by atoms with van der Waals surface area (Å²) in [7, 11) is 0. The predicted molar refractivity (Wildman–Crippen MR) is 63.4 cm³/mol. The molecular weight excluding hydrogens is 226 g/mol. The maximum Gasteiger partial charge on any atom is 0.230 e. The molecule has 16 heavy (non-hydrogen) atoms. The van der Waals surface area contributed by atoms with Crippen molar-refractivity contribution in [3.05, 3.63) is 29.3 Å². The second kappa shape index (κ2) is 4.85. The molecule has 0 bridgehead atoms. The smallest absolute Gasteiger partial charge is 0.230 e. The fourth-order valence-electron chi connectivity index (χ4n) is 2.01. The van der Waals surface area contributed by atoms with Crippen molar-refractivity contribution in [3.8, 4) is 0 Å². The first kappa shape index (κ1) is 11.4. The van der Waals surface area contributed by atoms with E-state index in [-0.39, 0.29) is 11.8 Å². The van der Waals surface area contributed by atoms with Crippen LogP contribution in [0, 0.1) is 5.92 Å². The Morgan fingerprint density at radius 2 is 2.00 bits per heavy atom. The normalized spacial score (nSPS) is 24.4. The number of halogens is 1. The fraction of sp³-hybridized carbons (Fsp3) is 0.417. The highest BCUT2D eigenvalue weighted by Gasteiger charge is 2.31. The summed E-state index contributed by atoms with van der Waals surface area (Å²) in [6.07, 6.45) is 1.91. The SMILES string of the molecule is O=C(Nc1ccc(Cl)cc1)C1CCCC1O. The van der Waals surface area contributed by atoms with Gasteiger partial charge in [-0.2, -0.15) is 0 Å². The number of carbonyl (C=O) groups is 1. The summed E-state index contributed by atoms with van der Waals surface area (Å²) in [6, 6.07) is 6.95. The fourth-order valence-corrected chi connectivity index (χ4v) is 2.14. The number of anilines is 1. The van der Waals surface area contributed by atoms with E-state index in [0.29, 0.717) is 10.7 Å². The molecule has 0 aliphatic heterocycles. The number of hydrogen-bond donors (Lipinski definition) is 2. The van der Waals surface area contributed by atoms with Crippen molar-refractivity contribution in [2.24, 2.45) is 5.92 Å². The van der Waals surface area contributed by atoms with Gasteiger partial charge in [0.05, 0.1) is 12.0 Å². The molecule has 2 atom stereocenters. The first-order chi connectivity index (χ1) is 7.66. The van der Waals surface area contributed by atoms with Gasteiger partial charge in [-0.15, -0.1) is 0 Å². The average molecular weight is 240 g/mol. The minimum absolute atomic E-state index is 0.104. The summed E-state index contributed by atoms with van der Waals surface area (Å²) < 4.78 is 0. The van der Waals surface area contributed by atoms with Crippen LogP contribution >= 0.6 is 11.6 Å². The van der Waals surface area contributed by atoms with Crippen LogP contribution in [0.15, 0.2) is 24.3 Å². The highest BCUT2D eigenvalue weighted by molar-refractivity contribution is 6.30. The van der Waals surface area contributed by atoms with Gasteiger partial charge in [0.25, 0.3) is 0 Å². The summed E-state index contributed by atoms with van der Waals surface area (Å²) in [6.45, 7) is 0. The molecule has 0 aromatic heterocycles. The number of rotatable bonds is 2. The maximum absolute atomic E-state index is 11.8. The van der Waals surface area contributed by atoms with Gasteiger partial charge < -0.3 is 10.4 Å². The third-order valence-electron chi connectivity index (χ3n) is 2.93. The minimum Gasteiger partial charge on any atom is -0.392 e. The van der Waals surface area contributed by atoms with Crippen LogP contribution in [0.3, 0.4) is 0 Å². The summed E-state index contributed by atoms with van der Waals surface area (Å²) >= 11 is 5.75. The molecule has 0 radical (unpaired) electrons. The average Bonchev–Trinajstić information content (AvgIpc) is 2.68. The van der Waals surface area contributed by atoms with Gasteiger partial charge in [-0.25, -0.2) is 0 Å². The van der Waals surface area contributed by atoms with E-state index in [4.69, 9.17) is 11.6 Å². The Morgan fingerprint density at radius 3 is 2.56 bits per heavy atom. The summed E-state index contributed by atoms with van der Waals surface area (Å²) in [5.41, 5.74) is 0.716. The summed E-state index contributed by atoms with van der Waals surface area (Å²) in [5, 5.41) is 13.0. The lowest BCUT2D eigenvalue weighted by molar-refractivity contribution is -0.122. The molecular formula is C12H14ClNO2. The van der Waals surface area contributed by atoms with E-state index < -0.39 is 6.10 Å². The van der Waals surface area contributed by atoms with Gasteiger partial charge in [0.2, 0.25) is 5.91 Å². The van der Waals surface area contributed by atoms with Crippen LogP contribution in [0.5, 0.6) is 0 Å². The number of aliphatic hydroxyl groups is 1. The molecule has 3 nitrogen and oxygen atoms in total. The van der Waals surface area contributed by atoms with E-state index >= 15 is 0 Å². The Morgan fingerprint density at radius 1 is 1.31 bits per heavy atom. The van der Waals surface area contributed by atoms with Crippen LogP contribution in [-0.4, -0.2) is 17.1 Å². The molecule has 2 N–H and O–H groups in total. The number of benzene rings is 1. The number of hydrogen-bond acceptors (Lipinski definition) is 2. The van der Waals surface area contributed by atoms with Crippen LogP contribution in [0.25, 0.3) is 0 Å². The lowest BCUT2D eigenvalue weighted by Gasteiger charge is -2.14. The van der Waals surface area contributed by atoms with Crippen molar-refractivity contribution in [3.63, 3.8) is 0 Å². The van der Waals surface area contributed by atoms with E-state index in [1.165, 1.54) is 0 Å². The van der Waals surface area contributed by atoms with Crippen LogP contribution in [0.2, 0.25) is 5.02 Å². The van der Waals surface area contributed by atoms with Crippen molar-refractivity contribution in [1.29, 1.82) is 0 Å². The zero-order chi connectivity index (χ0) is 11.5. The van der Waals surface area contributed by atoms with Crippen molar-refractivity contribution in [2.75, 3.05) is 5.32 Å². The number of nitrogens with one attached hydrogen (secondary N) is 1. The quantitative estimate of drug-likeness (QED) is 0.833. The van der Waals surface area contributed by atoms with Crippen molar-refractivity contribution in [1.82, 2.24) is 0 Å². The Balaban J connectivity index is 1.99. The monoisotopic (exact) mass is 239 g/mol. The first-order valence-electron chi connectivity index (χ1n) is 5.41. The Kier molecular flexibility index (Phi) is 3.46. The van der Waals surface area contributed by atoms with Gasteiger partial charge >= 0.3 is 0 Å². The molecule has 0 saturated heterocycles. The van der Waals surface area contributed by atoms with Gasteiger partial charge in [0.1, 0.15) is 0 Å². The number of aliphatic hydroxyl groups excluding tert-OH is 1. The largest absolute Gasteiger partial charge is 0.392 e. The Hall–Kier alpha value is -1.06. The van der Waals surface area contributed by atoms with Gasteiger partial charge in [-0.05, 0) is 43.5 Å². The van der Waals surface area contributed by atoms with Gasteiger partial charge in [-0.3, -0.25) is 4.79 Å². The molecule has 0 spiro atoms. The zero-order valence-corrected chi connectivity index (χ0v) is 9.57. The van der Waals surface area contributed by atoms with Crippen LogP contribution in [0.1, 0.15) is 19.3 Å². The Bertz CT molecular complexity index is 377. The molecule has 1 aliphatic rings. The molecule has 1 aromatic rings. The Labute approximate surface area is 99.4 Å². The molecule has 1 saturated carbocycles. The summed E-state index contributed by atoms with van der Waals surface area (Å²) in [5.74, 6) is -0.372. The van der Waals surface area contributed by atoms with Crippen molar-refractivity contribution in [2.45, 2.75) is 25.4 Å². The summed E-state index contributed by atoms with van der Waals surface area (Å²) in [4.78, 5) is 11.8. The molecule has 86 valence electrons. The third kappa shape index (κ3) is 2.54. The highest BCUT2D eigenvalue weighted by atomic mass is 35.5. The first-order valence-corrected chi connectivity index (χ1v) is 5.79. The van der Waals surface area contributed by atoms with E-state index in [1.54, 1.807) is 24.3 Å². The van der Waals surface area contributed by atoms with E-state index in [0.717, 1.165) is 19.3 Å². The lowest BCUT2D eigenvalue weighted by atomic mass is 10.1. The molecule has 1 aliphatic carbocycles. The zero-order valence-electron chi connectivity index (χ0n) is 8.82. The third-order valence-corrected chi connectivity index (χ3v) is 3.18. The van der Waals surface area contributed by atoms with Gasteiger partial charge in [-0.1, -0.05) is 11.6 Å². The van der Waals surface area contributed by atoms with Crippen LogP contribution in [-0.2, 0) is 4.79 Å². The highest BCUT2D eigenvalue weighted by Crippen LogP contribution is 2.26. The van der Waals surface area contributed by atoms with E-state index in [1.807, 2.05) is 0 Å². The van der Waals surface area contributed by atoms with Gasteiger partial charge in [0.15, 0.2) is 0 Å². The minimum atomic E-state index is -0.493. The maximum atomic E-state index is 11.8. The molecule has 1 aromatic carbocycles. The molecule has 2 unspecified atom stereocenters. The topological polar surface area (TPSA) is 49.3 Å². The van der Waals surface area contributed by atoms with E-state index in [2.05, 4.69) is 5.32 Å². The molecule has 4 heteroatoms. The lowest BCUT2D eigenvalue weighted by Crippen LogP contribution is -2.28. The molecule has 1 amide bonds. The molecule has 0 heterocycles. The predicted octanol–water partition coefficient (Wildman–Crippen LogP) is 2.44. The van der Waals surface area contributed by atoms with Crippen LogP contribution < -0.4 is 5.32 Å². The second-order valence-corrected chi connectivity index (χ2v) is 4.54. The van der Waals surface area contributed by atoms with Crippen LogP contribution in [0.4, 0.5) is 5.69 Å². The van der Waals surface area contributed by atoms with Crippen molar-refractivity contribution >= 4 is 23.2 Å². The van der Waals surface area contributed by atoms with Gasteiger partial charge in [0, 0.05) is 10.7 Å². The number of carbonyl (C=O) groups excluding carboxylic acids is 1. The molecule has 1 fully saturated rings. The van der Waals surface area contributed by atoms with E-state index in [9.17, 15) is 9.90 Å². The second-order valence-electron chi connectivity index (χ2n) is 4.10. The standard InChI is InChI=1S/C12H14ClNO2/c13-8-4-6-9(7-5-8)14-12(16)10-2-1-3-11(10)15/h4-7,10-11,15H,1-3H2,(H,14,16). The number of amides is 1. The van der Waals surface area contributed by atoms with Crippen molar-refractivity contribution < 1.29 is 9.90 Å². The molecule has 2 rings (SSSR count).